The lowest BCUT2D eigenvalue weighted by Gasteiger charge is -2.22. The molecule has 0 saturated carbocycles. The lowest BCUT2D eigenvalue weighted by Crippen LogP contribution is -2.24. The maximum atomic E-state index is 5.65. The van der Waals surface area contributed by atoms with Crippen LogP contribution in [0.3, 0.4) is 0 Å². The molecule has 1 aromatic rings. The van der Waals surface area contributed by atoms with Crippen molar-refractivity contribution in [2.45, 2.75) is 45.1 Å². The Kier molecular flexibility index (Phi) is 6.34. The Labute approximate surface area is 123 Å². The van der Waals surface area contributed by atoms with Gasteiger partial charge in [0.15, 0.2) is 0 Å². The van der Waals surface area contributed by atoms with E-state index in [0.29, 0.717) is 0 Å². The number of methoxy groups -OCH3 is 1. The molecule has 3 nitrogen and oxygen atoms in total. The molecule has 0 aromatic heterocycles. The maximum Gasteiger partial charge on any atom is 0.119 e. The number of nitrogens with two attached hydrogens (primary N) is 1. The van der Waals surface area contributed by atoms with Gasteiger partial charge in [0.05, 0.1) is 7.11 Å². The Morgan fingerprint density at radius 1 is 1.10 bits per heavy atom. The van der Waals surface area contributed by atoms with Crippen molar-refractivity contribution in [2.24, 2.45) is 5.73 Å². The molecule has 1 aliphatic heterocycles. The SMILES string of the molecule is COc1ccc(CCCN)c(CN2CCCCCC2)c1. The molecule has 2 N–H and O–H groups in total. The molecule has 0 atom stereocenters. The van der Waals surface area contributed by atoms with E-state index in [0.717, 1.165) is 31.7 Å². The molecule has 0 spiro atoms. The van der Waals surface area contributed by atoms with E-state index >= 15 is 0 Å². The van der Waals surface area contributed by atoms with Gasteiger partial charge in [-0.15, -0.1) is 0 Å². The summed E-state index contributed by atoms with van der Waals surface area (Å²) < 4.78 is 5.38. The van der Waals surface area contributed by atoms with Crippen LogP contribution in [-0.4, -0.2) is 31.6 Å². The van der Waals surface area contributed by atoms with Crippen LogP contribution in [0.15, 0.2) is 18.2 Å². The van der Waals surface area contributed by atoms with E-state index in [1.54, 1.807) is 7.11 Å². The van der Waals surface area contributed by atoms with Crippen molar-refractivity contribution in [1.29, 1.82) is 0 Å². The van der Waals surface area contributed by atoms with Crippen molar-refractivity contribution >= 4 is 0 Å². The van der Waals surface area contributed by atoms with Crippen molar-refractivity contribution in [2.75, 3.05) is 26.7 Å². The van der Waals surface area contributed by atoms with Crippen LogP contribution in [0.4, 0.5) is 0 Å². The summed E-state index contributed by atoms with van der Waals surface area (Å²) in [5, 5.41) is 0. The summed E-state index contributed by atoms with van der Waals surface area (Å²) in [6.07, 6.45) is 7.57. The molecule has 1 aliphatic rings. The topological polar surface area (TPSA) is 38.5 Å². The van der Waals surface area contributed by atoms with Crippen LogP contribution in [0.25, 0.3) is 0 Å². The summed E-state index contributed by atoms with van der Waals surface area (Å²) in [7, 11) is 1.74. The number of hydrogen-bond acceptors (Lipinski definition) is 3. The van der Waals surface area contributed by atoms with Crippen LogP contribution in [0.5, 0.6) is 5.75 Å². The zero-order valence-corrected chi connectivity index (χ0v) is 12.7. The summed E-state index contributed by atoms with van der Waals surface area (Å²) in [6.45, 7) is 4.27. The van der Waals surface area contributed by atoms with Crippen LogP contribution >= 0.6 is 0 Å². The van der Waals surface area contributed by atoms with Gasteiger partial charge in [-0.05, 0) is 68.6 Å². The largest absolute Gasteiger partial charge is 0.497 e. The van der Waals surface area contributed by atoms with E-state index in [-0.39, 0.29) is 0 Å². The highest BCUT2D eigenvalue weighted by molar-refractivity contribution is 5.36. The Morgan fingerprint density at radius 3 is 2.50 bits per heavy atom. The Bertz CT molecular complexity index is 398. The minimum atomic E-state index is 0.759. The number of rotatable bonds is 6. The molecular formula is C17H28N2O. The van der Waals surface area contributed by atoms with Crippen molar-refractivity contribution in [3.05, 3.63) is 29.3 Å². The van der Waals surface area contributed by atoms with Gasteiger partial charge in [-0.25, -0.2) is 0 Å². The highest BCUT2D eigenvalue weighted by atomic mass is 16.5. The first-order chi connectivity index (χ1) is 9.83. The van der Waals surface area contributed by atoms with E-state index < -0.39 is 0 Å². The number of ether oxygens (including phenoxy) is 1. The van der Waals surface area contributed by atoms with Crippen LogP contribution in [0.2, 0.25) is 0 Å². The second-order valence-corrected chi connectivity index (χ2v) is 5.72. The lowest BCUT2D eigenvalue weighted by atomic mass is 10.0. The second kappa shape index (κ2) is 8.28. The zero-order chi connectivity index (χ0) is 14.2. The molecule has 1 aromatic carbocycles. The summed E-state index contributed by atoms with van der Waals surface area (Å²) in [5.74, 6) is 0.964. The highest BCUT2D eigenvalue weighted by Crippen LogP contribution is 2.22. The van der Waals surface area contributed by atoms with E-state index in [9.17, 15) is 0 Å². The summed E-state index contributed by atoms with van der Waals surface area (Å²) in [5.41, 5.74) is 8.50. The van der Waals surface area contributed by atoms with E-state index in [4.69, 9.17) is 10.5 Å². The van der Waals surface area contributed by atoms with Crippen molar-refractivity contribution in [1.82, 2.24) is 4.90 Å². The fraction of sp³-hybridized carbons (Fsp3) is 0.647. The van der Waals surface area contributed by atoms with Gasteiger partial charge in [-0.2, -0.15) is 0 Å². The predicted octanol–water partition coefficient (Wildman–Crippen LogP) is 2.96. The molecule has 0 unspecified atom stereocenters. The molecule has 0 aliphatic carbocycles. The fourth-order valence-electron chi connectivity index (χ4n) is 2.95. The highest BCUT2D eigenvalue weighted by Gasteiger charge is 2.12. The van der Waals surface area contributed by atoms with Crippen LogP contribution < -0.4 is 10.5 Å². The van der Waals surface area contributed by atoms with Gasteiger partial charge in [-0.3, -0.25) is 4.90 Å². The minimum absolute atomic E-state index is 0.759. The molecule has 1 fully saturated rings. The molecule has 20 heavy (non-hydrogen) atoms. The number of nitrogens with zero attached hydrogens (tertiary/aromatic N) is 1. The van der Waals surface area contributed by atoms with E-state index in [1.165, 1.54) is 49.9 Å². The van der Waals surface area contributed by atoms with Gasteiger partial charge in [-0.1, -0.05) is 18.9 Å². The van der Waals surface area contributed by atoms with Gasteiger partial charge in [0.1, 0.15) is 5.75 Å². The Morgan fingerprint density at radius 2 is 1.85 bits per heavy atom. The first-order valence-corrected chi connectivity index (χ1v) is 7.91. The fourth-order valence-corrected chi connectivity index (χ4v) is 2.95. The molecule has 1 saturated heterocycles. The van der Waals surface area contributed by atoms with E-state index in [2.05, 4.69) is 23.1 Å². The molecule has 1 heterocycles. The maximum absolute atomic E-state index is 5.65. The van der Waals surface area contributed by atoms with Crippen molar-refractivity contribution in [3.8, 4) is 5.75 Å². The molecular weight excluding hydrogens is 248 g/mol. The first kappa shape index (κ1) is 15.3. The second-order valence-electron chi connectivity index (χ2n) is 5.72. The summed E-state index contributed by atoms with van der Waals surface area (Å²) in [4.78, 5) is 2.59. The molecule has 112 valence electrons. The number of benzene rings is 1. The molecule has 0 radical (unpaired) electrons. The Balaban J connectivity index is 2.09. The van der Waals surface area contributed by atoms with Crippen LogP contribution in [0, 0.1) is 0 Å². The summed E-state index contributed by atoms with van der Waals surface area (Å²) in [6, 6.07) is 6.48. The average Bonchev–Trinajstić information content (AvgIpc) is 2.74. The van der Waals surface area contributed by atoms with Gasteiger partial charge >= 0.3 is 0 Å². The van der Waals surface area contributed by atoms with Gasteiger partial charge in [0.25, 0.3) is 0 Å². The average molecular weight is 276 g/mol. The Hall–Kier alpha value is -1.06. The van der Waals surface area contributed by atoms with Crippen molar-refractivity contribution in [3.63, 3.8) is 0 Å². The lowest BCUT2D eigenvalue weighted by molar-refractivity contribution is 0.275. The first-order valence-electron chi connectivity index (χ1n) is 7.91. The smallest absolute Gasteiger partial charge is 0.119 e. The number of hydrogen-bond donors (Lipinski definition) is 1. The van der Waals surface area contributed by atoms with Crippen LogP contribution in [-0.2, 0) is 13.0 Å². The van der Waals surface area contributed by atoms with Crippen LogP contribution in [0.1, 0.15) is 43.2 Å². The molecule has 0 bridgehead atoms. The van der Waals surface area contributed by atoms with Crippen molar-refractivity contribution < 1.29 is 4.74 Å². The third kappa shape index (κ3) is 4.50. The number of aryl methyl sites for hydroxylation is 1. The molecule has 3 heteroatoms. The third-order valence-electron chi connectivity index (χ3n) is 4.16. The number of likely N-dealkylation sites (tertiary alicyclic amines) is 1. The van der Waals surface area contributed by atoms with Gasteiger partial charge in [0, 0.05) is 6.54 Å². The quantitative estimate of drug-likeness (QED) is 0.868. The monoisotopic (exact) mass is 276 g/mol. The minimum Gasteiger partial charge on any atom is -0.497 e. The zero-order valence-electron chi connectivity index (χ0n) is 12.7. The van der Waals surface area contributed by atoms with Gasteiger partial charge < -0.3 is 10.5 Å². The molecule has 2 rings (SSSR count). The van der Waals surface area contributed by atoms with Gasteiger partial charge in [0.2, 0.25) is 0 Å². The third-order valence-corrected chi connectivity index (χ3v) is 4.16. The predicted molar refractivity (Wildman–Crippen MR) is 84.1 cm³/mol. The molecule has 0 amide bonds. The van der Waals surface area contributed by atoms with E-state index in [1.807, 2.05) is 0 Å². The normalized spacial score (nSPS) is 16.9. The summed E-state index contributed by atoms with van der Waals surface area (Å²) >= 11 is 0. The standard InChI is InChI=1S/C17H28N2O/c1-20-17-9-8-15(7-6-10-18)16(13-17)14-19-11-4-2-3-5-12-19/h8-9,13H,2-7,10-12,14,18H2,1H3.